The second-order valence-electron chi connectivity index (χ2n) is 4.97. The van der Waals surface area contributed by atoms with Crippen molar-refractivity contribution in [3.63, 3.8) is 0 Å². The number of anilines is 1. The first-order valence-corrected chi connectivity index (χ1v) is 8.01. The molecule has 0 saturated carbocycles. The summed E-state index contributed by atoms with van der Waals surface area (Å²) in [6, 6.07) is 1.92. The lowest BCUT2D eigenvalue weighted by atomic mass is 10.1. The van der Waals surface area contributed by atoms with Gasteiger partial charge in [0.1, 0.15) is 0 Å². The molecule has 0 aromatic heterocycles. The number of carbonyl (C=O) groups is 1. The van der Waals surface area contributed by atoms with Gasteiger partial charge in [0.05, 0.1) is 22.0 Å². The minimum atomic E-state index is -3.09. The summed E-state index contributed by atoms with van der Waals surface area (Å²) in [5.74, 6) is -1.28. The average molecular weight is 314 g/mol. The van der Waals surface area contributed by atoms with Crippen molar-refractivity contribution in [1.29, 1.82) is 0 Å². The van der Waals surface area contributed by atoms with Gasteiger partial charge in [-0.3, -0.25) is 10.1 Å². The predicted molar refractivity (Wildman–Crippen MR) is 75.5 cm³/mol. The summed E-state index contributed by atoms with van der Waals surface area (Å²) >= 11 is 0. The van der Waals surface area contributed by atoms with E-state index in [2.05, 4.69) is 5.32 Å². The molecule has 9 heteroatoms. The van der Waals surface area contributed by atoms with Crippen molar-refractivity contribution in [1.82, 2.24) is 0 Å². The molecule has 1 atom stereocenters. The molecular formula is C12H14N2O6S. The van der Waals surface area contributed by atoms with Gasteiger partial charge in [-0.15, -0.1) is 0 Å². The summed E-state index contributed by atoms with van der Waals surface area (Å²) in [6.07, 6.45) is 0.396. The average Bonchev–Trinajstić information content (AvgIpc) is 2.70. The molecule has 2 N–H and O–H groups in total. The second-order valence-corrected chi connectivity index (χ2v) is 7.20. The van der Waals surface area contributed by atoms with Gasteiger partial charge in [0, 0.05) is 23.4 Å². The third-order valence-electron chi connectivity index (χ3n) is 3.42. The zero-order valence-corrected chi connectivity index (χ0v) is 12.0. The number of nitrogens with zero attached hydrogens (tertiary/aromatic N) is 1. The van der Waals surface area contributed by atoms with Crippen LogP contribution in [0.25, 0.3) is 0 Å². The van der Waals surface area contributed by atoms with E-state index in [1.165, 1.54) is 13.0 Å². The van der Waals surface area contributed by atoms with Crippen LogP contribution in [0.5, 0.6) is 0 Å². The summed E-state index contributed by atoms with van der Waals surface area (Å²) in [6.45, 7) is 1.50. The summed E-state index contributed by atoms with van der Waals surface area (Å²) in [5.41, 5.74) is 0.0481. The highest BCUT2D eigenvalue weighted by molar-refractivity contribution is 7.91. The lowest BCUT2D eigenvalue weighted by Gasteiger charge is -2.15. The molecule has 0 aliphatic carbocycles. The van der Waals surface area contributed by atoms with Crippen LogP contribution in [0.15, 0.2) is 12.1 Å². The highest BCUT2D eigenvalue weighted by Gasteiger charge is 2.29. The van der Waals surface area contributed by atoms with E-state index in [0.717, 1.165) is 6.07 Å². The van der Waals surface area contributed by atoms with Gasteiger partial charge >= 0.3 is 5.97 Å². The Morgan fingerprint density at radius 2 is 2.14 bits per heavy atom. The second kappa shape index (κ2) is 5.32. The molecule has 0 spiro atoms. The fraction of sp³-hybridized carbons (Fsp3) is 0.417. The van der Waals surface area contributed by atoms with Crippen LogP contribution >= 0.6 is 0 Å². The van der Waals surface area contributed by atoms with Crippen molar-refractivity contribution >= 4 is 27.2 Å². The molecule has 1 unspecified atom stereocenters. The van der Waals surface area contributed by atoms with E-state index in [4.69, 9.17) is 5.11 Å². The monoisotopic (exact) mass is 314 g/mol. The van der Waals surface area contributed by atoms with E-state index in [0.29, 0.717) is 6.42 Å². The SMILES string of the molecule is Cc1c(NC2CCS(=O)(=O)C2)cc(C(=O)O)cc1[N+](=O)[O-]. The summed E-state index contributed by atoms with van der Waals surface area (Å²) in [5, 5.41) is 22.9. The number of nitrogens with one attached hydrogen (secondary N) is 1. The lowest BCUT2D eigenvalue weighted by molar-refractivity contribution is -0.385. The summed E-state index contributed by atoms with van der Waals surface area (Å²) in [4.78, 5) is 21.4. The van der Waals surface area contributed by atoms with Gasteiger partial charge < -0.3 is 10.4 Å². The minimum Gasteiger partial charge on any atom is -0.478 e. The van der Waals surface area contributed by atoms with Crippen molar-refractivity contribution in [3.05, 3.63) is 33.4 Å². The Labute approximate surface area is 120 Å². The third kappa shape index (κ3) is 3.30. The largest absolute Gasteiger partial charge is 0.478 e. The number of rotatable bonds is 4. The highest BCUT2D eigenvalue weighted by atomic mass is 32.2. The predicted octanol–water partition coefficient (Wildman–Crippen LogP) is 1.20. The standard InChI is InChI=1S/C12H14N2O6S/c1-7-10(13-9-2-3-21(19,20)6-9)4-8(12(15)16)5-11(7)14(17)18/h4-5,9,13H,2-3,6H2,1H3,(H,15,16). The van der Waals surface area contributed by atoms with Crippen LogP contribution < -0.4 is 5.32 Å². The van der Waals surface area contributed by atoms with Crippen LogP contribution in [0.2, 0.25) is 0 Å². The molecule has 1 saturated heterocycles. The van der Waals surface area contributed by atoms with Crippen LogP contribution in [-0.2, 0) is 9.84 Å². The molecule has 1 heterocycles. The minimum absolute atomic E-state index is 0.0580. The van der Waals surface area contributed by atoms with Gasteiger partial charge in [-0.25, -0.2) is 13.2 Å². The smallest absolute Gasteiger partial charge is 0.336 e. The van der Waals surface area contributed by atoms with Crippen molar-refractivity contribution < 1.29 is 23.2 Å². The number of hydrogen-bond acceptors (Lipinski definition) is 6. The van der Waals surface area contributed by atoms with Crippen molar-refractivity contribution in [3.8, 4) is 0 Å². The van der Waals surface area contributed by atoms with Gasteiger partial charge in [0.2, 0.25) is 0 Å². The Morgan fingerprint density at radius 1 is 1.48 bits per heavy atom. The fourth-order valence-corrected chi connectivity index (χ4v) is 3.96. The van der Waals surface area contributed by atoms with E-state index in [9.17, 15) is 23.3 Å². The number of aromatic carboxylic acids is 1. The Hall–Kier alpha value is -2.16. The lowest BCUT2D eigenvalue weighted by Crippen LogP contribution is -2.21. The number of sulfone groups is 1. The van der Waals surface area contributed by atoms with E-state index < -0.39 is 20.7 Å². The molecule has 1 fully saturated rings. The van der Waals surface area contributed by atoms with Gasteiger partial charge in [0.25, 0.3) is 5.69 Å². The topological polar surface area (TPSA) is 127 Å². The van der Waals surface area contributed by atoms with E-state index in [1.54, 1.807) is 0 Å². The molecule has 0 radical (unpaired) electrons. The molecule has 1 aliphatic rings. The van der Waals surface area contributed by atoms with Crippen LogP contribution in [-0.4, -0.2) is 42.0 Å². The Balaban J connectivity index is 2.38. The maximum absolute atomic E-state index is 11.4. The van der Waals surface area contributed by atoms with Gasteiger partial charge in [-0.1, -0.05) is 0 Å². The summed E-state index contributed by atoms with van der Waals surface area (Å²) < 4.78 is 22.8. The Kier molecular flexibility index (Phi) is 3.86. The van der Waals surface area contributed by atoms with E-state index >= 15 is 0 Å². The van der Waals surface area contributed by atoms with E-state index in [1.807, 2.05) is 0 Å². The Bertz CT molecular complexity index is 713. The molecule has 114 valence electrons. The molecule has 2 rings (SSSR count). The quantitative estimate of drug-likeness (QED) is 0.631. The third-order valence-corrected chi connectivity index (χ3v) is 5.18. The summed E-state index contributed by atoms with van der Waals surface area (Å²) in [7, 11) is -3.09. The van der Waals surface area contributed by atoms with Crippen LogP contribution in [0.3, 0.4) is 0 Å². The first-order chi connectivity index (χ1) is 9.69. The molecule has 0 amide bonds. The molecule has 21 heavy (non-hydrogen) atoms. The van der Waals surface area contributed by atoms with Crippen molar-refractivity contribution in [2.45, 2.75) is 19.4 Å². The molecule has 8 nitrogen and oxygen atoms in total. The van der Waals surface area contributed by atoms with Crippen molar-refractivity contribution in [2.24, 2.45) is 0 Å². The maximum atomic E-state index is 11.4. The van der Waals surface area contributed by atoms with Crippen LogP contribution in [0, 0.1) is 17.0 Å². The maximum Gasteiger partial charge on any atom is 0.336 e. The number of carboxylic acids is 1. The zero-order valence-electron chi connectivity index (χ0n) is 11.2. The zero-order chi connectivity index (χ0) is 15.8. The Morgan fingerprint density at radius 3 is 2.62 bits per heavy atom. The highest BCUT2D eigenvalue weighted by Crippen LogP contribution is 2.29. The molecule has 1 aromatic rings. The van der Waals surface area contributed by atoms with Gasteiger partial charge in [-0.05, 0) is 19.4 Å². The number of hydrogen-bond donors (Lipinski definition) is 2. The number of benzene rings is 1. The number of nitro benzene ring substituents is 1. The van der Waals surface area contributed by atoms with Crippen molar-refractivity contribution in [2.75, 3.05) is 16.8 Å². The fourth-order valence-electron chi connectivity index (χ4n) is 2.29. The molecule has 1 aromatic carbocycles. The first kappa shape index (κ1) is 15.2. The van der Waals surface area contributed by atoms with Gasteiger partial charge in [-0.2, -0.15) is 0 Å². The van der Waals surface area contributed by atoms with Gasteiger partial charge in [0.15, 0.2) is 9.84 Å². The molecule has 1 aliphatic heterocycles. The molecular weight excluding hydrogens is 300 g/mol. The van der Waals surface area contributed by atoms with Crippen LogP contribution in [0.1, 0.15) is 22.3 Å². The molecule has 0 bridgehead atoms. The normalized spacial score (nSPS) is 20.1. The number of carboxylic acid groups (broad SMARTS) is 1. The number of nitro groups is 1. The first-order valence-electron chi connectivity index (χ1n) is 6.19. The van der Waals surface area contributed by atoms with Crippen LogP contribution in [0.4, 0.5) is 11.4 Å². The van der Waals surface area contributed by atoms with E-state index in [-0.39, 0.29) is 40.0 Å².